The molecule has 152 valence electrons. The van der Waals surface area contributed by atoms with E-state index in [-0.39, 0.29) is 17.9 Å². The Hall–Kier alpha value is -1.96. The number of nitrogens with zero attached hydrogens (tertiary/aromatic N) is 3. The molecule has 0 saturated carbocycles. The highest BCUT2D eigenvalue weighted by molar-refractivity contribution is 5.99. The Morgan fingerprint density at radius 2 is 1.75 bits per heavy atom. The summed E-state index contributed by atoms with van der Waals surface area (Å²) in [5.74, 6) is 0.289. The van der Waals surface area contributed by atoms with Crippen molar-refractivity contribution in [2.75, 3.05) is 57.8 Å². The van der Waals surface area contributed by atoms with Crippen molar-refractivity contribution in [2.24, 2.45) is 0 Å². The van der Waals surface area contributed by atoms with E-state index in [1.807, 2.05) is 40.1 Å². The highest BCUT2D eigenvalue weighted by atomic mass is 16.5. The van der Waals surface area contributed by atoms with Crippen LogP contribution in [-0.4, -0.2) is 86.2 Å². The summed E-state index contributed by atoms with van der Waals surface area (Å²) in [4.78, 5) is 32.1. The van der Waals surface area contributed by atoms with Crippen LogP contribution in [0.1, 0.15) is 19.3 Å². The second-order valence-electron chi connectivity index (χ2n) is 7.91. The first-order chi connectivity index (χ1) is 13.6. The van der Waals surface area contributed by atoms with Gasteiger partial charge in [-0.1, -0.05) is 18.2 Å². The molecule has 3 aliphatic rings. The SMILES string of the molecule is COC1(C(=O)N2CCN(C3CCN(c4ccccc4)C3=O)CC2)CCNCC1. The molecule has 3 aliphatic heterocycles. The predicted octanol–water partition coefficient (Wildman–Crippen LogP) is 0.705. The highest BCUT2D eigenvalue weighted by Crippen LogP contribution is 2.28. The molecular weight excluding hydrogens is 356 g/mol. The molecule has 0 aliphatic carbocycles. The van der Waals surface area contributed by atoms with Gasteiger partial charge in [0.1, 0.15) is 5.60 Å². The van der Waals surface area contributed by atoms with Crippen molar-refractivity contribution in [2.45, 2.75) is 30.9 Å². The molecule has 7 nitrogen and oxygen atoms in total. The average molecular weight is 386 g/mol. The lowest BCUT2D eigenvalue weighted by molar-refractivity contribution is -0.160. The number of piperazine rings is 1. The quantitative estimate of drug-likeness (QED) is 0.826. The van der Waals surface area contributed by atoms with Crippen molar-refractivity contribution in [1.29, 1.82) is 0 Å². The summed E-state index contributed by atoms with van der Waals surface area (Å²) in [6, 6.07) is 9.79. The average Bonchev–Trinajstić information content (AvgIpc) is 3.15. The molecule has 0 spiro atoms. The third-order valence-electron chi connectivity index (χ3n) is 6.48. The maximum absolute atomic E-state index is 13.1. The van der Waals surface area contributed by atoms with E-state index in [1.54, 1.807) is 7.11 Å². The van der Waals surface area contributed by atoms with E-state index in [9.17, 15) is 9.59 Å². The summed E-state index contributed by atoms with van der Waals surface area (Å²) in [5.41, 5.74) is 0.289. The van der Waals surface area contributed by atoms with Crippen molar-refractivity contribution < 1.29 is 14.3 Å². The van der Waals surface area contributed by atoms with E-state index in [4.69, 9.17) is 4.74 Å². The maximum Gasteiger partial charge on any atom is 0.254 e. The van der Waals surface area contributed by atoms with Gasteiger partial charge in [0, 0.05) is 45.5 Å². The Balaban J connectivity index is 1.35. The minimum absolute atomic E-state index is 0.0762. The van der Waals surface area contributed by atoms with Gasteiger partial charge in [-0.2, -0.15) is 0 Å². The van der Waals surface area contributed by atoms with Gasteiger partial charge in [-0.25, -0.2) is 0 Å². The number of carbonyl (C=O) groups is 2. The fourth-order valence-electron chi connectivity index (χ4n) is 4.73. The molecule has 4 rings (SSSR count). The van der Waals surface area contributed by atoms with Gasteiger partial charge in [0.25, 0.3) is 5.91 Å². The number of hydrogen-bond donors (Lipinski definition) is 1. The molecule has 1 aromatic carbocycles. The summed E-state index contributed by atoms with van der Waals surface area (Å²) >= 11 is 0. The summed E-state index contributed by atoms with van der Waals surface area (Å²) < 4.78 is 5.69. The molecule has 7 heteroatoms. The summed E-state index contributed by atoms with van der Waals surface area (Å²) in [7, 11) is 1.65. The standard InChI is InChI=1S/C21H30N4O3/c1-28-21(8-10-22-11-9-21)20(27)24-15-13-23(14-16-24)18-7-12-25(19(18)26)17-5-3-2-4-6-17/h2-6,18,22H,7-16H2,1H3. The molecule has 1 atom stereocenters. The first-order valence-electron chi connectivity index (χ1n) is 10.3. The minimum Gasteiger partial charge on any atom is -0.368 e. The highest BCUT2D eigenvalue weighted by Gasteiger charge is 2.44. The Morgan fingerprint density at radius 3 is 2.39 bits per heavy atom. The lowest BCUT2D eigenvalue weighted by Crippen LogP contribution is -2.60. The number of rotatable bonds is 4. The minimum atomic E-state index is -0.680. The van der Waals surface area contributed by atoms with Crippen molar-refractivity contribution in [1.82, 2.24) is 15.1 Å². The Morgan fingerprint density at radius 1 is 1.07 bits per heavy atom. The number of piperidine rings is 1. The second-order valence-corrected chi connectivity index (χ2v) is 7.91. The first-order valence-corrected chi connectivity index (χ1v) is 10.3. The molecule has 3 heterocycles. The first kappa shape index (κ1) is 19.4. The number of anilines is 1. The van der Waals surface area contributed by atoms with Crippen LogP contribution in [0.2, 0.25) is 0 Å². The van der Waals surface area contributed by atoms with Gasteiger partial charge in [0.05, 0.1) is 6.04 Å². The zero-order valence-electron chi connectivity index (χ0n) is 16.6. The van der Waals surface area contributed by atoms with E-state index in [1.165, 1.54) is 0 Å². The monoisotopic (exact) mass is 386 g/mol. The molecule has 28 heavy (non-hydrogen) atoms. The Bertz CT molecular complexity index is 697. The molecule has 1 N–H and O–H groups in total. The lowest BCUT2D eigenvalue weighted by Gasteiger charge is -2.43. The van der Waals surface area contributed by atoms with E-state index < -0.39 is 5.60 Å². The van der Waals surface area contributed by atoms with Crippen LogP contribution < -0.4 is 10.2 Å². The molecule has 3 fully saturated rings. The van der Waals surface area contributed by atoms with Gasteiger partial charge in [0.2, 0.25) is 5.91 Å². The number of nitrogens with one attached hydrogen (secondary N) is 1. The van der Waals surface area contributed by atoms with Crippen LogP contribution in [0.3, 0.4) is 0 Å². The fourth-order valence-corrected chi connectivity index (χ4v) is 4.73. The van der Waals surface area contributed by atoms with Gasteiger partial charge in [-0.05, 0) is 44.5 Å². The fraction of sp³-hybridized carbons (Fsp3) is 0.619. The third kappa shape index (κ3) is 3.54. The Kier molecular flexibility index (Phi) is 5.66. The lowest BCUT2D eigenvalue weighted by atomic mass is 9.90. The van der Waals surface area contributed by atoms with Crippen LogP contribution in [0.25, 0.3) is 0 Å². The maximum atomic E-state index is 13.1. The molecule has 2 amide bonds. The van der Waals surface area contributed by atoms with Gasteiger partial charge in [0.15, 0.2) is 0 Å². The number of methoxy groups -OCH3 is 1. The van der Waals surface area contributed by atoms with Gasteiger partial charge in [-0.15, -0.1) is 0 Å². The molecule has 1 unspecified atom stereocenters. The van der Waals surface area contributed by atoms with Gasteiger partial charge < -0.3 is 19.9 Å². The van der Waals surface area contributed by atoms with Crippen molar-refractivity contribution >= 4 is 17.5 Å². The smallest absolute Gasteiger partial charge is 0.254 e. The largest absolute Gasteiger partial charge is 0.368 e. The van der Waals surface area contributed by atoms with Crippen molar-refractivity contribution in [3.8, 4) is 0 Å². The van der Waals surface area contributed by atoms with Crippen molar-refractivity contribution in [3.05, 3.63) is 30.3 Å². The van der Waals surface area contributed by atoms with Crippen LogP contribution in [-0.2, 0) is 14.3 Å². The zero-order valence-corrected chi connectivity index (χ0v) is 16.6. The summed E-state index contributed by atoms with van der Waals surface area (Å²) in [6.07, 6.45) is 2.28. The topological polar surface area (TPSA) is 65.1 Å². The third-order valence-corrected chi connectivity index (χ3v) is 6.48. The Labute approximate surface area is 166 Å². The molecule has 0 radical (unpaired) electrons. The van der Waals surface area contributed by atoms with Gasteiger partial charge in [-0.3, -0.25) is 14.5 Å². The van der Waals surface area contributed by atoms with Crippen LogP contribution >= 0.6 is 0 Å². The van der Waals surface area contributed by atoms with E-state index in [2.05, 4.69) is 10.2 Å². The number of ether oxygens (including phenoxy) is 1. The van der Waals surface area contributed by atoms with E-state index >= 15 is 0 Å². The zero-order chi connectivity index (χ0) is 19.6. The van der Waals surface area contributed by atoms with Crippen molar-refractivity contribution in [3.63, 3.8) is 0 Å². The molecule has 0 bridgehead atoms. The van der Waals surface area contributed by atoms with Crippen LogP contribution in [0.15, 0.2) is 30.3 Å². The molecule has 0 aromatic heterocycles. The van der Waals surface area contributed by atoms with Gasteiger partial charge >= 0.3 is 0 Å². The number of para-hydroxylation sites is 1. The number of benzene rings is 1. The van der Waals surface area contributed by atoms with E-state index in [0.29, 0.717) is 13.1 Å². The molecule has 1 aromatic rings. The van der Waals surface area contributed by atoms with Crippen LogP contribution in [0.4, 0.5) is 5.69 Å². The second kappa shape index (κ2) is 8.19. The number of hydrogen-bond acceptors (Lipinski definition) is 5. The predicted molar refractivity (Wildman–Crippen MR) is 107 cm³/mol. The number of amides is 2. The normalized spacial score (nSPS) is 25.9. The van der Waals surface area contributed by atoms with Crippen LogP contribution in [0.5, 0.6) is 0 Å². The molecule has 3 saturated heterocycles. The van der Waals surface area contributed by atoms with E-state index in [0.717, 1.165) is 57.7 Å². The number of carbonyl (C=O) groups excluding carboxylic acids is 2. The molecular formula is C21H30N4O3. The summed E-state index contributed by atoms with van der Waals surface area (Å²) in [5, 5.41) is 3.30. The summed E-state index contributed by atoms with van der Waals surface area (Å²) in [6.45, 7) is 5.17. The van der Waals surface area contributed by atoms with Crippen LogP contribution in [0, 0.1) is 0 Å².